The predicted molar refractivity (Wildman–Crippen MR) is 80.1 cm³/mol. The van der Waals surface area contributed by atoms with Crippen LogP contribution in [0.5, 0.6) is 0 Å². The molecule has 1 nitrogen and oxygen atoms in total. The fourth-order valence-corrected chi connectivity index (χ4v) is 2.30. The lowest BCUT2D eigenvalue weighted by Gasteiger charge is -2.14. The number of hydrogen-bond donors (Lipinski definition) is 0. The third-order valence-electron chi connectivity index (χ3n) is 3.38. The van der Waals surface area contributed by atoms with Crippen LogP contribution in [0.25, 0.3) is 5.57 Å². The zero-order valence-corrected chi connectivity index (χ0v) is 11.9. The van der Waals surface area contributed by atoms with E-state index in [-0.39, 0.29) is 5.82 Å². The highest BCUT2D eigenvalue weighted by Crippen LogP contribution is 2.31. The summed E-state index contributed by atoms with van der Waals surface area (Å²) in [5.41, 5.74) is 4.67. The third kappa shape index (κ3) is 2.69. The number of benzene rings is 2. The molecular weight excluding hydrogens is 251 g/mol. The van der Waals surface area contributed by atoms with Crippen molar-refractivity contribution in [1.29, 1.82) is 0 Å². The van der Waals surface area contributed by atoms with Gasteiger partial charge in [0.15, 0.2) is 0 Å². The van der Waals surface area contributed by atoms with Crippen LogP contribution in [0.1, 0.15) is 29.2 Å². The molecule has 0 amide bonds. The van der Waals surface area contributed by atoms with Crippen LogP contribution in [0.15, 0.2) is 48.0 Å². The van der Waals surface area contributed by atoms with Gasteiger partial charge in [0, 0.05) is 5.56 Å². The van der Waals surface area contributed by atoms with Crippen molar-refractivity contribution in [3.8, 4) is 0 Å². The molecule has 0 aliphatic rings. The van der Waals surface area contributed by atoms with Gasteiger partial charge in [0.05, 0.1) is 0 Å². The van der Waals surface area contributed by atoms with E-state index < -0.39 is 0 Å². The van der Waals surface area contributed by atoms with E-state index in [0.717, 1.165) is 23.0 Å². The number of aryl methyl sites for hydroxylation is 2. The topological polar surface area (TPSA) is 17.1 Å². The molecule has 0 aromatic heterocycles. The Kier molecular flexibility index (Phi) is 4.14. The summed E-state index contributed by atoms with van der Waals surface area (Å²) in [6.45, 7) is 5.67. The van der Waals surface area contributed by atoms with Gasteiger partial charge < -0.3 is 0 Å². The van der Waals surface area contributed by atoms with E-state index in [0.29, 0.717) is 16.7 Å². The van der Waals surface area contributed by atoms with E-state index in [9.17, 15) is 9.18 Å². The van der Waals surface area contributed by atoms with E-state index >= 15 is 0 Å². The molecule has 0 aliphatic carbocycles. The van der Waals surface area contributed by atoms with Gasteiger partial charge in [0.25, 0.3) is 0 Å². The van der Waals surface area contributed by atoms with Crippen LogP contribution in [0.2, 0.25) is 0 Å². The predicted octanol–water partition coefficient (Wildman–Crippen LogP) is 4.46. The van der Waals surface area contributed by atoms with E-state index in [1.807, 2.05) is 32.0 Å². The fourth-order valence-electron chi connectivity index (χ4n) is 2.30. The highest BCUT2D eigenvalue weighted by atomic mass is 19.1. The van der Waals surface area contributed by atoms with E-state index in [2.05, 4.69) is 0 Å². The SMILES string of the molecule is C/C(C=O)=C(\c1cc(C)ccc1C)c1ccccc1F. The van der Waals surface area contributed by atoms with Crippen LogP contribution in [-0.4, -0.2) is 6.29 Å². The highest BCUT2D eigenvalue weighted by Gasteiger charge is 2.14. The van der Waals surface area contributed by atoms with E-state index in [4.69, 9.17) is 0 Å². The zero-order valence-electron chi connectivity index (χ0n) is 11.9. The van der Waals surface area contributed by atoms with Crippen molar-refractivity contribution in [1.82, 2.24) is 0 Å². The Balaban J connectivity index is 2.77. The molecule has 0 bridgehead atoms. The van der Waals surface area contributed by atoms with Crippen LogP contribution < -0.4 is 0 Å². The van der Waals surface area contributed by atoms with Crippen LogP contribution in [0.3, 0.4) is 0 Å². The number of aldehydes is 1. The third-order valence-corrected chi connectivity index (χ3v) is 3.38. The first-order valence-corrected chi connectivity index (χ1v) is 6.53. The first-order chi connectivity index (χ1) is 9.54. The Morgan fingerprint density at radius 3 is 2.40 bits per heavy atom. The maximum atomic E-state index is 14.1. The Labute approximate surface area is 118 Å². The Morgan fingerprint density at radius 2 is 1.75 bits per heavy atom. The maximum Gasteiger partial charge on any atom is 0.146 e. The number of rotatable bonds is 3. The molecule has 20 heavy (non-hydrogen) atoms. The Morgan fingerprint density at radius 1 is 1.05 bits per heavy atom. The quantitative estimate of drug-likeness (QED) is 0.593. The Bertz CT molecular complexity index is 684. The van der Waals surface area contributed by atoms with E-state index in [1.54, 1.807) is 25.1 Å². The molecule has 0 atom stereocenters. The molecule has 2 aromatic carbocycles. The summed E-state index contributed by atoms with van der Waals surface area (Å²) >= 11 is 0. The summed E-state index contributed by atoms with van der Waals surface area (Å²) in [6, 6.07) is 12.5. The Hall–Kier alpha value is -2.22. The van der Waals surface area contributed by atoms with Crippen LogP contribution in [-0.2, 0) is 4.79 Å². The molecule has 0 unspecified atom stereocenters. The monoisotopic (exact) mass is 268 g/mol. The molecule has 0 radical (unpaired) electrons. The van der Waals surface area contributed by atoms with Gasteiger partial charge in [0.2, 0.25) is 0 Å². The number of hydrogen-bond acceptors (Lipinski definition) is 1. The lowest BCUT2D eigenvalue weighted by atomic mass is 9.90. The summed E-state index contributed by atoms with van der Waals surface area (Å²) in [4.78, 5) is 11.2. The van der Waals surface area contributed by atoms with Crippen molar-refractivity contribution in [2.24, 2.45) is 0 Å². The largest absolute Gasteiger partial charge is 0.298 e. The molecule has 2 rings (SSSR count). The van der Waals surface area contributed by atoms with Crippen molar-refractivity contribution in [2.45, 2.75) is 20.8 Å². The second kappa shape index (κ2) is 5.83. The average Bonchev–Trinajstić information content (AvgIpc) is 2.44. The van der Waals surface area contributed by atoms with Gasteiger partial charge in [-0.2, -0.15) is 0 Å². The van der Waals surface area contributed by atoms with Crippen molar-refractivity contribution in [3.63, 3.8) is 0 Å². The number of carbonyl (C=O) groups excluding carboxylic acids is 1. The van der Waals surface area contributed by atoms with Gasteiger partial charge in [-0.3, -0.25) is 4.79 Å². The summed E-state index contributed by atoms with van der Waals surface area (Å²) < 4.78 is 14.1. The second-order valence-electron chi connectivity index (χ2n) is 4.97. The van der Waals surface area contributed by atoms with E-state index in [1.165, 1.54) is 6.07 Å². The molecule has 0 saturated carbocycles. The van der Waals surface area contributed by atoms with Crippen LogP contribution >= 0.6 is 0 Å². The summed E-state index contributed by atoms with van der Waals surface area (Å²) in [7, 11) is 0. The number of allylic oxidation sites excluding steroid dienone is 1. The second-order valence-corrected chi connectivity index (χ2v) is 4.97. The van der Waals surface area contributed by atoms with Crippen molar-refractivity contribution < 1.29 is 9.18 Å². The van der Waals surface area contributed by atoms with Crippen molar-refractivity contribution >= 4 is 11.9 Å². The smallest absolute Gasteiger partial charge is 0.146 e. The van der Waals surface area contributed by atoms with Gasteiger partial charge in [-0.05, 0) is 49.1 Å². The number of halogens is 1. The molecule has 0 heterocycles. The van der Waals surface area contributed by atoms with Gasteiger partial charge in [-0.1, -0.05) is 42.0 Å². The van der Waals surface area contributed by atoms with Crippen LogP contribution in [0.4, 0.5) is 4.39 Å². The van der Waals surface area contributed by atoms with Gasteiger partial charge in [0.1, 0.15) is 12.1 Å². The fraction of sp³-hybridized carbons (Fsp3) is 0.167. The van der Waals surface area contributed by atoms with Gasteiger partial charge in [-0.25, -0.2) is 4.39 Å². The van der Waals surface area contributed by atoms with Gasteiger partial charge in [-0.15, -0.1) is 0 Å². The summed E-state index contributed by atoms with van der Waals surface area (Å²) in [5.74, 6) is -0.315. The number of carbonyl (C=O) groups is 1. The van der Waals surface area contributed by atoms with Crippen LogP contribution in [0, 0.1) is 19.7 Å². The molecule has 0 N–H and O–H groups in total. The molecule has 0 aliphatic heterocycles. The van der Waals surface area contributed by atoms with Gasteiger partial charge >= 0.3 is 0 Å². The zero-order chi connectivity index (χ0) is 14.7. The highest BCUT2D eigenvalue weighted by molar-refractivity contribution is 5.95. The minimum absolute atomic E-state index is 0.315. The molecular formula is C18H17FO. The summed E-state index contributed by atoms with van der Waals surface area (Å²) in [5, 5.41) is 0. The molecule has 2 aromatic rings. The molecule has 2 heteroatoms. The first kappa shape index (κ1) is 14.2. The van der Waals surface area contributed by atoms with Crippen molar-refractivity contribution in [2.75, 3.05) is 0 Å². The summed E-state index contributed by atoms with van der Waals surface area (Å²) in [6.07, 6.45) is 0.781. The molecule has 0 fully saturated rings. The minimum Gasteiger partial charge on any atom is -0.298 e. The maximum absolute atomic E-state index is 14.1. The molecule has 102 valence electrons. The first-order valence-electron chi connectivity index (χ1n) is 6.53. The molecule has 0 saturated heterocycles. The lowest BCUT2D eigenvalue weighted by Crippen LogP contribution is -1.99. The van der Waals surface area contributed by atoms with Crippen molar-refractivity contribution in [3.05, 3.63) is 76.1 Å². The normalized spacial score (nSPS) is 12.0. The standard InChI is InChI=1S/C18H17FO/c1-12-8-9-13(2)16(10-12)18(14(3)11-20)15-6-4-5-7-17(15)19/h4-11H,1-3H3/b18-14+. The molecule has 0 spiro atoms. The average molecular weight is 268 g/mol. The lowest BCUT2D eigenvalue weighted by molar-refractivity contribution is -0.104. The minimum atomic E-state index is -0.315.